The van der Waals surface area contributed by atoms with Crippen LogP contribution in [0.4, 0.5) is 5.69 Å². The Bertz CT molecular complexity index is 666. The van der Waals surface area contributed by atoms with Crippen LogP contribution in [0.25, 0.3) is 0 Å². The van der Waals surface area contributed by atoms with Gasteiger partial charge in [0, 0.05) is 28.0 Å². The Kier molecular flexibility index (Phi) is 8.78. The van der Waals surface area contributed by atoms with Gasteiger partial charge in [-0.15, -0.1) is 10.1 Å². The minimum atomic E-state index is -0.861. The molecule has 1 aromatic carbocycles. The predicted molar refractivity (Wildman–Crippen MR) is 107 cm³/mol. The lowest BCUT2D eigenvalue weighted by Gasteiger charge is -2.29. The van der Waals surface area contributed by atoms with Crippen LogP contribution in [-0.4, -0.2) is 29.8 Å². The first-order valence-electron chi connectivity index (χ1n) is 8.78. The first-order valence-corrected chi connectivity index (χ1v) is 10.4. The zero-order chi connectivity index (χ0) is 19.8. The molecule has 0 amide bonds. The number of nitrogen functional groups attached to an aromatic ring is 1. The highest BCUT2D eigenvalue weighted by Gasteiger charge is 2.23. The van der Waals surface area contributed by atoms with Gasteiger partial charge in [0.25, 0.3) is 5.09 Å². The third-order valence-corrected chi connectivity index (χ3v) is 5.57. The number of anilines is 1. The largest absolute Gasteiger partial charge is 0.462 e. The number of nitrogens with one attached hydrogen (secondary N) is 1. The van der Waals surface area contributed by atoms with Gasteiger partial charge in [-0.2, -0.15) is 0 Å². The second-order valence-electron chi connectivity index (χ2n) is 6.47. The molecule has 0 aromatic heterocycles. The smallest absolute Gasteiger partial charge is 0.306 e. The van der Waals surface area contributed by atoms with Crippen molar-refractivity contribution in [3.63, 3.8) is 0 Å². The fourth-order valence-electron chi connectivity index (χ4n) is 3.02. The fourth-order valence-corrected chi connectivity index (χ4v) is 4.34. The van der Waals surface area contributed by atoms with Gasteiger partial charge in [0.2, 0.25) is 0 Å². The zero-order valence-corrected chi connectivity index (χ0v) is 18.0. The average Bonchev–Trinajstić information content (AvgIpc) is 2.61. The van der Waals surface area contributed by atoms with Crippen LogP contribution >= 0.6 is 31.9 Å². The molecule has 1 saturated carbocycles. The molecule has 27 heavy (non-hydrogen) atoms. The summed E-state index contributed by atoms with van der Waals surface area (Å²) in [7, 11) is 0. The van der Waals surface area contributed by atoms with Crippen LogP contribution in [0.2, 0.25) is 0 Å². The van der Waals surface area contributed by atoms with Gasteiger partial charge >= 0.3 is 5.97 Å². The van der Waals surface area contributed by atoms with Crippen molar-refractivity contribution in [2.24, 2.45) is 0 Å². The van der Waals surface area contributed by atoms with Crippen LogP contribution < -0.4 is 11.1 Å². The second kappa shape index (κ2) is 10.8. The number of nitrogens with zero attached hydrogens (tertiary/aromatic N) is 1. The monoisotopic (exact) mass is 507 g/mol. The Hall–Kier alpha value is -1.39. The summed E-state index contributed by atoms with van der Waals surface area (Å²) in [6, 6.07) is 4.27. The van der Waals surface area contributed by atoms with E-state index in [9.17, 15) is 14.9 Å². The molecule has 0 heterocycles. The van der Waals surface area contributed by atoms with Gasteiger partial charge in [-0.25, -0.2) is 0 Å². The molecule has 0 atom stereocenters. The van der Waals surface area contributed by atoms with E-state index in [1.807, 2.05) is 12.1 Å². The highest BCUT2D eigenvalue weighted by atomic mass is 79.9. The van der Waals surface area contributed by atoms with Crippen molar-refractivity contribution < 1.29 is 19.5 Å². The Morgan fingerprint density at radius 3 is 2.67 bits per heavy atom. The summed E-state index contributed by atoms with van der Waals surface area (Å²) in [6.45, 7) is 0.586. The number of benzene rings is 1. The highest BCUT2D eigenvalue weighted by Crippen LogP contribution is 2.29. The van der Waals surface area contributed by atoms with Gasteiger partial charge in [-0.1, -0.05) is 15.9 Å². The van der Waals surface area contributed by atoms with Crippen LogP contribution in [0.5, 0.6) is 0 Å². The van der Waals surface area contributed by atoms with Crippen molar-refractivity contribution >= 4 is 43.5 Å². The lowest BCUT2D eigenvalue weighted by molar-refractivity contribution is -0.757. The maximum Gasteiger partial charge on any atom is 0.306 e. The molecule has 1 aliphatic carbocycles. The molecule has 3 N–H and O–H groups in total. The number of nitrogens with two attached hydrogens (primary N) is 1. The minimum Gasteiger partial charge on any atom is -0.462 e. The van der Waals surface area contributed by atoms with E-state index in [0.29, 0.717) is 12.6 Å². The van der Waals surface area contributed by atoms with Gasteiger partial charge in [0.05, 0.1) is 12.3 Å². The topological polar surface area (TPSA) is 117 Å². The van der Waals surface area contributed by atoms with Gasteiger partial charge in [-0.3, -0.25) is 4.79 Å². The first kappa shape index (κ1) is 21.9. The summed E-state index contributed by atoms with van der Waals surface area (Å²) >= 11 is 6.92. The average molecular weight is 509 g/mol. The third kappa shape index (κ3) is 7.63. The number of ether oxygens (including phenoxy) is 1. The van der Waals surface area contributed by atoms with Crippen molar-refractivity contribution in [1.29, 1.82) is 0 Å². The summed E-state index contributed by atoms with van der Waals surface area (Å²) in [6.07, 6.45) is 3.74. The fraction of sp³-hybridized carbons (Fsp3) is 0.588. The first-order chi connectivity index (χ1) is 12.8. The molecule has 0 spiro atoms. The molecule has 1 aliphatic rings. The number of halogens is 2. The number of carbonyl (C=O) groups excluding carboxylic acids is 1. The molecule has 0 unspecified atom stereocenters. The van der Waals surface area contributed by atoms with Crippen LogP contribution in [0.1, 0.15) is 44.1 Å². The quantitative estimate of drug-likeness (QED) is 0.171. The van der Waals surface area contributed by atoms with E-state index in [1.165, 1.54) is 0 Å². The Morgan fingerprint density at radius 1 is 1.30 bits per heavy atom. The van der Waals surface area contributed by atoms with Gasteiger partial charge in [0.15, 0.2) is 0 Å². The summed E-state index contributed by atoms with van der Waals surface area (Å²) in [5.41, 5.74) is 7.86. The number of hydrogen-bond acceptors (Lipinski definition) is 7. The third-order valence-electron chi connectivity index (χ3n) is 4.46. The normalized spacial score (nSPS) is 19.5. The number of esters is 1. The molecule has 8 nitrogen and oxygen atoms in total. The van der Waals surface area contributed by atoms with Gasteiger partial charge in [-0.05, 0) is 65.7 Å². The molecule has 2 rings (SSSR count). The molecule has 0 saturated heterocycles. The summed E-state index contributed by atoms with van der Waals surface area (Å²) in [4.78, 5) is 26.0. The van der Waals surface area contributed by atoms with Crippen molar-refractivity contribution in [3.05, 3.63) is 36.8 Å². The minimum absolute atomic E-state index is 0.0860. The number of rotatable bonds is 9. The molecule has 0 bridgehead atoms. The Morgan fingerprint density at radius 2 is 2.00 bits per heavy atom. The SMILES string of the molecule is Nc1c(Br)cc(Br)cc1CN[C@H]1CC[C@H](OC(=O)CCCO[N+](=O)[O-])CC1. The molecule has 1 fully saturated rings. The van der Waals surface area contributed by atoms with E-state index in [2.05, 4.69) is 42.0 Å². The van der Waals surface area contributed by atoms with Crippen LogP contribution in [0.15, 0.2) is 21.1 Å². The maximum atomic E-state index is 11.8. The summed E-state index contributed by atoms with van der Waals surface area (Å²) in [5, 5.41) is 12.7. The summed E-state index contributed by atoms with van der Waals surface area (Å²) < 4.78 is 7.28. The van der Waals surface area contributed by atoms with Crippen molar-refractivity contribution in [3.8, 4) is 0 Å². The Balaban J connectivity index is 1.67. The molecule has 0 aliphatic heterocycles. The molecule has 1 aromatic rings. The number of hydrogen-bond donors (Lipinski definition) is 2. The number of carbonyl (C=O) groups is 1. The second-order valence-corrected chi connectivity index (χ2v) is 8.24. The van der Waals surface area contributed by atoms with E-state index in [4.69, 9.17) is 10.5 Å². The molecular weight excluding hydrogens is 486 g/mol. The zero-order valence-electron chi connectivity index (χ0n) is 14.8. The van der Waals surface area contributed by atoms with Crippen molar-refractivity contribution in [2.75, 3.05) is 12.3 Å². The molecule has 150 valence electrons. The van der Waals surface area contributed by atoms with Crippen LogP contribution in [-0.2, 0) is 20.9 Å². The van der Waals surface area contributed by atoms with E-state index >= 15 is 0 Å². The van der Waals surface area contributed by atoms with Crippen LogP contribution in [0.3, 0.4) is 0 Å². The highest BCUT2D eigenvalue weighted by molar-refractivity contribution is 9.11. The van der Waals surface area contributed by atoms with E-state index in [-0.39, 0.29) is 31.5 Å². The Labute approximate surface area is 174 Å². The standard InChI is InChI=1S/C17H23Br2N3O5/c18-12-8-11(17(20)15(19)9-12)10-21-13-3-5-14(6-4-13)27-16(23)2-1-7-26-22(24)25/h8-9,13-14,21H,1-7,10,20H2/t13-,14-. The maximum absolute atomic E-state index is 11.8. The molecule has 0 radical (unpaired) electrons. The van der Waals surface area contributed by atoms with E-state index in [0.717, 1.165) is 45.9 Å². The van der Waals surface area contributed by atoms with Gasteiger partial charge in [0.1, 0.15) is 6.10 Å². The lowest BCUT2D eigenvalue weighted by Crippen LogP contribution is -2.35. The van der Waals surface area contributed by atoms with E-state index < -0.39 is 5.09 Å². The van der Waals surface area contributed by atoms with Gasteiger partial charge < -0.3 is 20.6 Å². The lowest BCUT2D eigenvalue weighted by atomic mass is 9.92. The molecule has 10 heteroatoms. The van der Waals surface area contributed by atoms with Crippen LogP contribution in [0, 0.1) is 10.1 Å². The molecular formula is C17H23Br2N3O5. The van der Waals surface area contributed by atoms with Crippen molar-refractivity contribution in [2.45, 2.75) is 57.2 Å². The summed E-state index contributed by atoms with van der Waals surface area (Å²) in [5.74, 6) is -0.329. The predicted octanol–water partition coefficient (Wildman–Crippen LogP) is 3.73. The van der Waals surface area contributed by atoms with E-state index in [1.54, 1.807) is 0 Å². The van der Waals surface area contributed by atoms with Crippen molar-refractivity contribution in [1.82, 2.24) is 5.32 Å².